The van der Waals surface area contributed by atoms with E-state index in [4.69, 9.17) is 11.6 Å². The average Bonchev–Trinajstić information content (AvgIpc) is 3.14. The summed E-state index contributed by atoms with van der Waals surface area (Å²) in [5.41, 5.74) is 3.38. The standard InChI is InChI=1S/C21H20ClN5O/c1-13-4-2-3-5-17(13)26-11-10-18-19(21(26)28)24-25-20-16(12-23-27(18)20)14-6-8-15(22)9-7-14/h6-13,17H,2-5H2,1H3/t13-,17-/m1/s1. The van der Waals surface area contributed by atoms with Crippen LogP contribution in [0.3, 0.4) is 0 Å². The molecule has 2 atom stereocenters. The largest absolute Gasteiger partial charge is 0.310 e. The zero-order chi connectivity index (χ0) is 19.3. The molecule has 0 aliphatic heterocycles. The Morgan fingerprint density at radius 2 is 1.86 bits per heavy atom. The zero-order valence-electron chi connectivity index (χ0n) is 15.5. The van der Waals surface area contributed by atoms with E-state index in [9.17, 15) is 4.79 Å². The summed E-state index contributed by atoms with van der Waals surface area (Å²) in [6, 6.07) is 9.67. The van der Waals surface area contributed by atoms with E-state index in [1.54, 1.807) is 10.7 Å². The van der Waals surface area contributed by atoms with Gasteiger partial charge < -0.3 is 4.57 Å². The molecule has 0 amide bonds. The molecule has 1 aliphatic carbocycles. The second kappa shape index (κ2) is 6.71. The third kappa shape index (κ3) is 2.71. The van der Waals surface area contributed by atoms with Crippen molar-refractivity contribution in [2.75, 3.05) is 0 Å². The van der Waals surface area contributed by atoms with Gasteiger partial charge in [-0.25, -0.2) is 4.52 Å². The number of aromatic nitrogens is 5. The van der Waals surface area contributed by atoms with E-state index < -0.39 is 0 Å². The zero-order valence-corrected chi connectivity index (χ0v) is 16.3. The number of hydrogen-bond donors (Lipinski definition) is 0. The van der Waals surface area contributed by atoms with Gasteiger partial charge in [0.15, 0.2) is 11.2 Å². The fourth-order valence-corrected chi connectivity index (χ4v) is 4.44. The first-order valence-electron chi connectivity index (χ1n) is 9.64. The molecule has 0 spiro atoms. The van der Waals surface area contributed by atoms with Crippen molar-refractivity contribution in [2.45, 2.75) is 38.6 Å². The van der Waals surface area contributed by atoms with Crippen molar-refractivity contribution in [1.82, 2.24) is 24.4 Å². The van der Waals surface area contributed by atoms with Crippen LogP contribution in [0, 0.1) is 5.92 Å². The number of nitrogens with zero attached hydrogens (tertiary/aromatic N) is 5. The normalized spacial score (nSPS) is 20.1. The van der Waals surface area contributed by atoms with Crippen LogP contribution in [0.15, 0.2) is 47.5 Å². The Kier molecular flexibility index (Phi) is 4.16. The summed E-state index contributed by atoms with van der Waals surface area (Å²) in [6.45, 7) is 2.22. The van der Waals surface area contributed by atoms with Crippen molar-refractivity contribution in [3.8, 4) is 11.1 Å². The lowest BCUT2D eigenvalue weighted by Crippen LogP contribution is -2.31. The molecular formula is C21H20ClN5O. The molecule has 0 unspecified atom stereocenters. The summed E-state index contributed by atoms with van der Waals surface area (Å²) in [7, 11) is 0. The van der Waals surface area contributed by atoms with Crippen LogP contribution in [0.25, 0.3) is 27.8 Å². The first-order valence-corrected chi connectivity index (χ1v) is 10.0. The van der Waals surface area contributed by atoms with Crippen LogP contribution in [0.5, 0.6) is 0 Å². The first kappa shape index (κ1) is 17.4. The van der Waals surface area contributed by atoms with Gasteiger partial charge in [-0.2, -0.15) is 5.10 Å². The van der Waals surface area contributed by atoms with E-state index in [2.05, 4.69) is 22.2 Å². The van der Waals surface area contributed by atoms with E-state index in [1.807, 2.05) is 41.1 Å². The molecule has 1 aromatic carbocycles. The van der Waals surface area contributed by atoms with Crippen molar-refractivity contribution < 1.29 is 0 Å². The number of fused-ring (bicyclic) bond motifs is 3. The lowest BCUT2D eigenvalue weighted by molar-refractivity contribution is 0.253. The predicted molar refractivity (Wildman–Crippen MR) is 110 cm³/mol. The topological polar surface area (TPSA) is 65.1 Å². The molecule has 1 fully saturated rings. The highest BCUT2D eigenvalue weighted by Crippen LogP contribution is 2.33. The smallest absolute Gasteiger partial charge is 0.280 e. The van der Waals surface area contributed by atoms with Crippen molar-refractivity contribution in [2.24, 2.45) is 5.92 Å². The van der Waals surface area contributed by atoms with Gasteiger partial charge in [0.25, 0.3) is 5.56 Å². The Labute approximate surface area is 166 Å². The molecule has 7 heteroatoms. The van der Waals surface area contributed by atoms with Crippen LogP contribution in [-0.4, -0.2) is 24.4 Å². The van der Waals surface area contributed by atoms with Gasteiger partial charge in [-0.1, -0.05) is 43.5 Å². The molecule has 0 saturated heterocycles. The maximum atomic E-state index is 13.1. The van der Waals surface area contributed by atoms with E-state index in [0.29, 0.717) is 27.6 Å². The van der Waals surface area contributed by atoms with Crippen LogP contribution < -0.4 is 5.56 Å². The molecule has 28 heavy (non-hydrogen) atoms. The monoisotopic (exact) mass is 393 g/mol. The van der Waals surface area contributed by atoms with Crippen LogP contribution in [0.1, 0.15) is 38.6 Å². The third-order valence-corrected chi connectivity index (χ3v) is 6.12. The summed E-state index contributed by atoms with van der Waals surface area (Å²) >= 11 is 5.99. The number of rotatable bonds is 2. The van der Waals surface area contributed by atoms with Gasteiger partial charge >= 0.3 is 0 Å². The van der Waals surface area contributed by atoms with Crippen molar-refractivity contribution in [3.05, 3.63) is 58.1 Å². The summed E-state index contributed by atoms with van der Waals surface area (Å²) < 4.78 is 3.54. The molecule has 1 saturated carbocycles. The number of pyridine rings is 1. The molecule has 4 aromatic rings. The van der Waals surface area contributed by atoms with Gasteiger partial charge in [-0.05, 0) is 42.5 Å². The van der Waals surface area contributed by atoms with Crippen LogP contribution in [0.4, 0.5) is 0 Å². The van der Waals surface area contributed by atoms with Gasteiger partial charge in [0, 0.05) is 22.8 Å². The molecule has 3 heterocycles. The molecule has 0 bridgehead atoms. The first-order chi connectivity index (χ1) is 13.6. The molecular weight excluding hydrogens is 374 g/mol. The van der Waals surface area contributed by atoms with Crippen molar-refractivity contribution in [3.63, 3.8) is 0 Å². The van der Waals surface area contributed by atoms with Crippen molar-refractivity contribution in [1.29, 1.82) is 0 Å². The molecule has 0 radical (unpaired) electrons. The quantitative estimate of drug-likeness (QED) is 0.502. The number of benzene rings is 1. The van der Waals surface area contributed by atoms with Gasteiger partial charge in [0.05, 0.1) is 6.20 Å². The minimum Gasteiger partial charge on any atom is -0.310 e. The Bertz CT molecular complexity index is 1230. The Morgan fingerprint density at radius 3 is 2.64 bits per heavy atom. The third-order valence-electron chi connectivity index (χ3n) is 5.87. The molecule has 142 valence electrons. The number of hydrogen-bond acceptors (Lipinski definition) is 4. The minimum absolute atomic E-state index is 0.0887. The van der Waals surface area contributed by atoms with Crippen LogP contribution in [0.2, 0.25) is 5.02 Å². The van der Waals surface area contributed by atoms with E-state index in [1.165, 1.54) is 6.42 Å². The highest BCUT2D eigenvalue weighted by molar-refractivity contribution is 6.30. The van der Waals surface area contributed by atoms with E-state index >= 15 is 0 Å². The van der Waals surface area contributed by atoms with Gasteiger partial charge in [-0.3, -0.25) is 4.79 Å². The Balaban J connectivity index is 1.66. The fraction of sp³-hybridized carbons (Fsp3) is 0.333. The molecule has 3 aromatic heterocycles. The summed E-state index contributed by atoms with van der Waals surface area (Å²) in [6.07, 6.45) is 8.23. The van der Waals surface area contributed by atoms with E-state index in [0.717, 1.165) is 30.4 Å². The second-order valence-electron chi connectivity index (χ2n) is 7.59. The summed E-state index contributed by atoms with van der Waals surface area (Å²) in [4.78, 5) is 13.1. The maximum absolute atomic E-state index is 13.1. The average molecular weight is 394 g/mol. The van der Waals surface area contributed by atoms with Gasteiger partial charge in [0.2, 0.25) is 0 Å². The van der Waals surface area contributed by atoms with Gasteiger partial charge in [0.1, 0.15) is 5.52 Å². The Hall–Kier alpha value is -2.73. The van der Waals surface area contributed by atoms with E-state index in [-0.39, 0.29) is 11.6 Å². The van der Waals surface area contributed by atoms with Crippen LogP contribution in [-0.2, 0) is 0 Å². The van der Waals surface area contributed by atoms with Crippen LogP contribution >= 0.6 is 11.6 Å². The fourth-order valence-electron chi connectivity index (χ4n) is 4.31. The summed E-state index contributed by atoms with van der Waals surface area (Å²) in [5, 5.41) is 13.8. The lowest BCUT2D eigenvalue weighted by atomic mass is 9.85. The molecule has 5 rings (SSSR count). The Morgan fingerprint density at radius 1 is 1.07 bits per heavy atom. The second-order valence-corrected chi connectivity index (χ2v) is 8.03. The highest BCUT2D eigenvalue weighted by Gasteiger charge is 2.25. The molecule has 0 N–H and O–H groups in total. The van der Waals surface area contributed by atoms with Gasteiger partial charge in [-0.15, -0.1) is 10.2 Å². The lowest BCUT2D eigenvalue weighted by Gasteiger charge is -2.30. The predicted octanol–water partition coefficient (Wildman–Crippen LogP) is 4.51. The molecule has 1 aliphatic rings. The SMILES string of the molecule is C[C@@H]1CCCC[C@H]1n1ccc2c(nnc3c(-c4ccc(Cl)cc4)cnn32)c1=O. The maximum Gasteiger partial charge on any atom is 0.280 e. The highest BCUT2D eigenvalue weighted by atomic mass is 35.5. The minimum atomic E-state index is -0.0887. The number of halogens is 1. The summed E-state index contributed by atoms with van der Waals surface area (Å²) in [5.74, 6) is 0.488. The van der Waals surface area contributed by atoms with Crippen molar-refractivity contribution >= 4 is 28.3 Å². The molecule has 6 nitrogen and oxygen atoms in total.